The highest BCUT2D eigenvalue weighted by Crippen LogP contribution is 1.94. The van der Waals surface area contributed by atoms with Crippen LogP contribution in [0.25, 0.3) is 0 Å². The number of thiophene rings is 1. The van der Waals surface area contributed by atoms with Gasteiger partial charge in [-0.15, -0.1) is 0 Å². The maximum Gasteiger partial charge on any atom is 0.268 e. The highest BCUT2D eigenvalue weighted by molar-refractivity contribution is 7.07. The molecule has 0 saturated heterocycles. The Morgan fingerprint density at radius 2 is 1.54 bits per heavy atom. The van der Waals surface area contributed by atoms with Crippen molar-refractivity contribution in [3.8, 4) is 0 Å². The third kappa shape index (κ3) is 2.81. The summed E-state index contributed by atoms with van der Waals surface area (Å²) >= 11 is 1.71. The van der Waals surface area contributed by atoms with Gasteiger partial charge in [0, 0.05) is 12.2 Å². The topological polar surface area (TPSA) is 63.4 Å². The number of carbonyl (C=O) groups is 2. The molecule has 4 nitrogen and oxygen atoms in total. The molecule has 0 fully saturated rings. The minimum Gasteiger partial charge on any atom is -0.268 e. The van der Waals surface area contributed by atoms with Crippen molar-refractivity contribution < 1.29 is 9.59 Å². The van der Waals surface area contributed by atoms with E-state index in [-0.39, 0.29) is 0 Å². The van der Waals surface area contributed by atoms with E-state index in [0.717, 1.165) is 12.2 Å². The van der Waals surface area contributed by atoms with Gasteiger partial charge in [0.15, 0.2) is 0 Å². The minimum atomic E-state index is -0.463. The van der Waals surface area contributed by atoms with Crippen molar-refractivity contribution in [1.82, 2.24) is 5.01 Å². The molecule has 2 amide bonds. The fourth-order valence-corrected chi connectivity index (χ4v) is 1.09. The molecular formula is C8H8N2O2S. The van der Waals surface area contributed by atoms with Gasteiger partial charge in [-0.1, -0.05) is 12.1 Å². The predicted octanol–water partition coefficient (Wildman–Crippen LogP) is 0.533. The molecule has 1 aromatic rings. The number of nitrogens with zero attached hydrogens (tertiary/aromatic N) is 1. The summed E-state index contributed by atoms with van der Waals surface area (Å²) in [6, 6.07) is 4.04. The van der Waals surface area contributed by atoms with Crippen LogP contribution >= 0.6 is 11.3 Å². The normalized spacial score (nSPS) is 14.4. The van der Waals surface area contributed by atoms with Crippen molar-refractivity contribution in [2.45, 2.75) is 0 Å². The van der Waals surface area contributed by atoms with E-state index < -0.39 is 11.8 Å². The van der Waals surface area contributed by atoms with E-state index in [4.69, 9.17) is 5.84 Å². The summed E-state index contributed by atoms with van der Waals surface area (Å²) in [7, 11) is 0. The molecule has 0 radical (unpaired) electrons. The van der Waals surface area contributed by atoms with Crippen LogP contribution in [-0.4, -0.2) is 16.8 Å². The molecule has 0 bridgehead atoms. The molecular weight excluding hydrogens is 188 g/mol. The molecule has 0 aliphatic carbocycles. The fourth-order valence-electron chi connectivity index (χ4n) is 0.639. The summed E-state index contributed by atoms with van der Waals surface area (Å²) in [4.78, 5) is 20.6. The Morgan fingerprint density at radius 3 is 1.69 bits per heavy atom. The number of nitrogens with two attached hydrogens (primary N) is 1. The molecule has 0 unspecified atom stereocenters. The first-order valence-electron chi connectivity index (χ1n) is 3.50. The lowest BCUT2D eigenvalue weighted by atomic mass is 10.6. The van der Waals surface area contributed by atoms with Gasteiger partial charge in [0.2, 0.25) is 0 Å². The first kappa shape index (κ1) is 9.63. The molecule has 13 heavy (non-hydrogen) atoms. The number of rotatable bonds is 0. The molecule has 2 rings (SSSR count). The average molecular weight is 196 g/mol. The maximum absolute atomic E-state index is 10.3. The second kappa shape index (κ2) is 4.54. The number of carbonyl (C=O) groups excluding carboxylic acids is 2. The van der Waals surface area contributed by atoms with E-state index >= 15 is 0 Å². The lowest BCUT2D eigenvalue weighted by Gasteiger charge is -2.01. The van der Waals surface area contributed by atoms with Crippen LogP contribution in [0.4, 0.5) is 0 Å². The van der Waals surface area contributed by atoms with Crippen molar-refractivity contribution in [3.05, 3.63) is 35.0 Å². The number of hydrogen-bond donors (Lipinski definition) is 1. The quantitative estimate of drug-likeness (QED) is 0.374. The molecule has 0 saturated carbocycles. The van der Waals surface area contributed by atoms with Gasteiger partial charge in [0.05, 0.1) is 0 Å². The number of amides is 2. The third-order valence-corrected chi connectivity index (χ3v) is 1.90. The van der Waals surface area contributed by atoms with Gasteiger partial charge in [-0.25, -0.2) is 10.9 Å². The summed E-state index contributed by atoms with van der Waals surface area (Å²) in [5.41, 5.74) is 0. The molecule has 5 heteroatoms. The molecule has 0 atom stereocenters. The Balaban J connectivity index is 0.000000145. The lowest BCUT2D eigenvalue weighted by Crippen LogP contribution is -2.36. The van der Waals surface area contributed by atoms with Crippen LogP contribution in [0, 0.1) is 0 Å². The molecule has 2 N–H and O–H groups in total. The van der Waals surface area contributed by atoms with Crippen molar-refractivity contribution >= 4 is 23.2 Å². The predicted molar refractivity (Wildman–Crippen MR) is 49.5 cm³/mol. The van der Waals surface area contributed by atoms with Gasteiger partial charge in [0.1, 0.15) is 0 Å². The van der Waals surface area contributed by atoms with Gasteiger partial charge >= 0.3 is 0 Å². The SMILES string of the molecule is NN1C(=O)C=CC1=O.c1ccsc1. The monoisotopic (exact) mass is 196 g/mol. The molecule has 2 heterocycles. The summed E-state index contributed by atoms with van der Waals surface area (Å²) < 4.78 is 0. The van der Waals surface area contributed by atoms with Crippen molar-refractivity contribution in [2.24, 2.45) is 5.84 Å². The van der Waals surface area contributed by atoms with Crippen molar-refractivity contribution in [3.63, 3.8) is 0 Å². The van der Waals surface area contributed by atoms with Crippen LogP contribution in [0.1, 0.15) is 0 Å². The number of imide groups is 1. The Hall–Kier alpha value is -1.46. The smallest absolute Gasteiger partial charge is 0.268 e. The number of hydrazine groups is 1. The van der Waals surface area contributed by atoms with E-state index in [9.17, 15) is 9.59 Å². The molecule has 0 spiro atoms. The second-order valence-electron chi connectivity index (χ2n) is 2.17. The first-order chi connectivity index (χ1) is 6.22. The molecule has 1 aromatic heterocycles. The van der Waals surface area contributed by atoms with Crippen LogP contribution in [-0.2, 0) is 9.59 Å². The fraction of sp³-hybridized carbons (Fsp3) is 0. The highest BCUT2D eigenvalue weighted by atomic mass is 32.1. The van der Waals surface area contributed by atoms with Crippen LogP contribution in [0.2, 0.25) is 0 Å². The van der Waals surface area contributed by atoms with Crippen LogP contribution in [0.3, 0.4) is 0 Å². The average Bonchev–Trinajstić information content (AvgIpc) is 2.75. The molecule has 68 valence electrons. The third-order valence-electron chi connectivity index (χ3n) is 1.27. The molecule has 0 aromatic carbocycles. The van der Waals surface area contributed by atoms with E-state index in [2.05, 4.69) is 0 Å². The molecule has 1 aliphatic heterocycles. The van der Waals surface area contributed by atoms with Gasteiger partial charge in [-0.05, 0) is 10.8 Å². The first-order valence-corrected chi connectivity index (χ1v) is 4.44. The number of hydrogen-bond acceptors (Lipinski definition) is 4. The zero-order chi connectivity index (χ0) is 9.68. The van der Waals surface area contributed by atoms with E-state index in [1.807, 2.05) is 22.9 Å². The summed E-state index contributed by atoms with van der Waals surface area (Å²) in [6.45, 7) is 0. The second-order valence-corrected chi connectivity index (χ2v) is 2.99. The zero-order valence-corrected chi connectivity index (χ0v) is 7.53. The standard InChI is InChI=1S/C4H4N2O2.C4H4S/c5-6-3(7)1-2-4(6)8;1-2-4-5-3-1/h1-2H,5H2;1-4H. The van der Waals surface area contributed by atoms with Gasteiger partial charge in [-0.3, -0.25) is 9.59 Å². The van der Waals surface area contributed by atoms with E-state index in [1.54, 1.807) is 11.3 Å². The minimum absolute atomic E-state index is 0.463. The summed E-state index contributed by atoms with van der Waals surface area (Å²) in [5, 5.41) is 4.64. The Labute approximate surface area is 79.2 Å². The Kier molecular flexibility index (Phi) is 3.36. The Bertz CT molecular complexity index is 284. The van der Waals surface area contributed by atoms with Crippen LogP contribution in [0.5, 0.6) is 0 Å². The van der Waals surface area contributed by atoms with Gasteiger partial charge in [-0.2, -0.15) is 11.3 Å². The van der Waals surface area contributed by atoms with Crippen molar-refractivity contribution in [2.75, 3.05) is 0 Å². The molecule has 1 aliphatic rings. The zero-order valence-electron chi connectivity index (χ0n) is 6.71. The van der Waals surface area contributed by atoms with Crippen molar-refractivity contribution in [1.29, 1.82) is 0 Å². The largest absolute Gasteiger partial charge is 0.268 e. The van der Waals surface area contributed by atoms with E-state index in [1.165, 1.54) is 0 Å². The summed E-state index contributed by atoms with van der Waals surface area (Å²) in [5.74, 6) is 3.97. The highest BCUT2D eigenvalue weighted by Gasteiger charge is 2.18. The Morgan fingerprint density at radius 1 is 1.08 bits per heavy atom. The van der Waals surface area contributed by atoms with Crippen LogP contribution < -0.4 is 5.84 Å². The lowest BCUT2D eigenvalue weighted by molar-refractivity contribution is -0.137. The van der Waals surface area contributed by atoms with E-state index in [0.29, 0.717) is 5.01 Å². The van der Waals surface area contributed by atoms with Gasteiger partial charge < -0.3 is 0 Å². The summed E-state index contributed by atoms with van der Waals surface area (Å²) in [6.07, 6.45) is 2.25. The van der Waals surface area contributed by atoms with Gasteiger partial charge in [0.25, 0.3) is 11.8 Å². The van der Waals surface area contributed by atoms with Crippen LogP contribution in [0.15, 0.2) is 35.0 Å². The maximum atomic E-state index is 10.3.